The zero-order chi connectivity index (χ0) is 15.6. The number of hydrogen-bond acceptors (Lipinski definition) is 3. The molecule has 0 bridgehead atoms. The van der Waals surface area contributed by atoms with Crippen molar-refractivity contribution in [3.05, 3.63) is 58.9 Å². The molecule has 0 aliphatic carbocycles. The van der Waals surface area contributed by atoms with Crippen molar-refractivity contribution in [1.29, 1.82) is 0 Å². The summed E-state index contributed by atoms with van der Waals surface area (Å²) in [5.41, 5.74) is 7.60. The van der Waals surface area contributed by atoms with Gasteiger partial charge in [0.1, 0.15) is 5.82 Å². The maximum absolute atomic E-state index is 13.7. The highest BCUT2D eigenvalue weighted by atomic mass is 32.2. The SMILES string of the molecule is Cc1ccc(F)c(NS(=O)(=O)c2cccc(CN)c2C)c1. The first kappa shape index (κ1) is 15.5. The lowest BCUT2D eigenvalue weighted by Gasteiger charge is -2.13. The Balaban J connectivity index is 2.46. The third-order valence-corrected chi connectivity index (χ3v) is 4.78. The third kappa shape index (κ3) is 3.22. The van der Waals surface area contributed by atoms with Crippen molar-refractivity contribution in [2.75, 3.05) is 4.72 Å². The minimum absolute atomic E-state index is 0.0625. The second-order valence-corrected chi connectivity index (χ2v) is 6.48. The molecule has 0 unspecified atom stereocenters. The Kier molecular flexibility index (Phi) is 4.29. The highest BCUT2D eigenvalue weighted by Crippen LogP contribution is 2.23. The van der Waals surface area contributed by atoms with E-state index in [1.54, 1.807) is 32.0 Å². The molecule has 0 saturated carbocycles. The molecule has 0 saturated heterocycles. The Labute approximate surface area is 123 Å². The van der Waals surface area contributed by atoms with E-state index in [1.807, 2.05) is 0 Å². The van der Waals surface area contributed by atoms with Crippen LogP contribution in [0.5, 0.6) is 0 Å². The zero-order valence-electron chi connectivity index (χ0n) is 11.9. The largest absolute Gasteiger partial charge is 0.326 e. The van der Waals surface area contributed by atoms with E-state index in [0.717, 1.165) is 11.1 Å². The molecule has 0 fully saturated rings. The Morgan fingerprint density at radius 3 is 2.57 bits per heavy atom. The van der Waals surface area contributed by atoms with Gasteiger partial charge in [0.2, 0.25) is 0 Å². The normalized spacial score (nSPS) is 11.4. The molecule has 0 heterocycles. The predicted octanol–water partition coefficient (Wildman–Crippen LogP) is 2.70. The number of nitrogens with one attached hydrogen (secondary N) is 1. The number of anilines is 1. The van der Waals surface area contributed by atoms with Gasteiger partial charge in [-0.3, -0.25) is 4.72 Å². The van der Waals surface area contributed by atoms with E-state index in [4.69, 9.17) is 5.73 Å². The molecule has 0 spiro atoms. The molecule has 3 N–H and O–H groups in total. The zero-order valence-corrected chi connectivity index (χ0v) is 12.7. The maximum atomic E-state index is 13.7. The minimum atomic E-state index is -3.86. The Morgan fingerprint density at radius 1 is 1.19 bits per heavy atom. The first-order chi connectivity index (χ1) is 9.85. The van der Waals surface area contributed by atoms with E-state index in [0.29, 0.717) is 5.56 Å². The summed E-state index contributed by atoms with van der Waals surface area (Å²) < 4.78 is 40.9. The fraction of sp³-hybridized carbons (Fsp3) is 0.200. The first-order valence-electron chi connectivity index (χ1n) is 6.42. The molecule has 0 aliphatic heterocycles. The molecule has 6 heteroatoms. The monoisotopic (exact) mass is 308 g/mol. The number of nitrogens with two attached hydrogens (primary N) is 1. The smallest absolute Gasteiger partial charge is 0.262 e. The average Bonchev–Trinajstić information content (AvgIpc) is 2.42. The summed E-state index contributed by atoms with van der Waals surface area (Å²) in [7, 11) is -3.86. The fourth-order valence-corrected chi connectivity index (χ4v) is 3.44. The molecular weight excluding hydrogens is 291 g/mol. The van der Waals surface area contributed by atoms with Crippen LogP contribution in [0.1, 0.15) is 16.7 Å². The van der Waals surface area contributed by atoms with E-state index in [1.165, 1.54) is 18.2 Å². The number of hydrogen-bond donors (Lipinski definition) is 2. The van der Waals surface area contributed by atoms with Gasteiger partial charge in [0, 0.05) is 6.54 Å². The molecule has 0 aromatic heterocycles. The van der Waals surface area contributed by atoms with Gasteiger partial charge in [-0.2, -0.15) is 0 Å². The average molecular weight is 308 g/mol. The minimum Gasteiger partial charge on any atom is -0.326 e. The lowest BCUT2D eigenvalue weighted by molar-refractivity contribution is 0.597. The van der Waals surface area contributed by atoms with Gasteiger partial charge in [-0.05, 0) is 48.7 Å². The fourth-order valence-electron chi connectivity index (χ4n) is 2.09. The Hall–Kier alpha value is -1.92. The van der Waals surface area contributed by atoms with Gasteiger partial charge in [-0.25, -0.2) is 12.8 Å². The summed E-state index contributed by atoms with van der Waals surface area (Å²) in [6.07, 6.45) is 0. The quantitative estimate of drug-likeness (QED) is 0.912. The molecule has 0 radical (unpaired) electrons. The van der Waals surface area contributed by atoms with Crippen molar-refractivity contribution in [1.82, 2.24) is 0 Å². The van der Waals surface area contributed by atoms with Gasteiger partial charge in [-0.1, -0.05) is 18.2 Å². The summed E-state index contributed by atoms with van der Waals surface area (Å²) in [4.78, 5) is 0.103. The van der Waals surface area contributed by atoms with E-state index in [9.17, 15) is 12.8 Å². The summed E-state index contributed by atoms with van der Waals surface area (Å²) in [5.74, 6) is -0.614. The Bertz CT molecular complexity index is 773. The second-order valence-electron chi connectivity index (χ2n) is 4.83. The summed E-state index contributed by atoms with van der Waals surface area (Å²) in [5, 5.41) is 0. The van der Waals surface area contributed by atoms with Crippen molar-refractivity contribution >= 4 is 15.7 Å². The molecule has 112 valence electrons. The predicted molar refractivity (Wildman–Crippen MR) is 81.0 cm³/mol. The van der Waals surface area contributed by atoms with Crippen LogP contribution in [0.25, 0.3) is 0 Å². The number of sulfonamides is 1. The van der Waals surface area contributed by atoms with Crippen molar-refractivity contribution in [3.63, 3.8) is 0 Å². The Morgan fingerprint density at radius 2 is 1.90 bits per heavy atom. The van der Waals surface area contributed by atoms with Crippen LogP contribution in [0.3, 0.4) is 0 Å². The molecule has 4 nitrogen and oxygen atoms in total. The van der Waals surface area contributed by atoms with Crippen LogP contribution in [0.15, 0.2) is 41.3 Å². The molecule has 0 amide bonds. The second kappa shape index (κ2) is 5.83. The van der Waals surface area contributed by atoms with Crippen LogP contribution in [-0.2, 0) is 16.6 Å². The number of aryl methyl sites for hydroxylation is 1. The van der Waals surface area contributed by atoms with E-state index >= 15 is 0 Å². The highest BCUT2D eigenvalue weighted by molar-refractivity contribution is 7.92. The first-order valence-corrected chi connectivity index (χ1v) is 7.91. The van der Waals surface area contributed by atoms with Crippen LogP contribution in [-0.4, -0.2) is 8.42 Å². The van der Waals surface area contributed by atoms with Crippen LogP contribution < -0.4 is 10.5 Å². The summed E-state index contributed by atoms with van der Waals surface area (Å²) >= 11 is 0. The molecule has 0 aliphatic rings. The molecule has 2 rings (SSSR count). The van der Waals surface area contributed by atoms with Gasteiger partial charge in [0.15, 0.2) is 0 Å². The topological polar surface area (TPSA) is 72.2 Å². The van der Waals surface area contributed by atoms with Crippen LogP contribution in [0.2, 0.25) is 0 Å². The van der Waals surface area contributed by atoms with Crippen LogP contribution in [0.4, 0.5) is 10.1 Å². The standard InChI is InChI=1S/C15H17FN2O2S/c1-10-6-7-13(16)14(8-10)18-21(19,20)15-5-3-4-12(9-17)11(15)2/h3-8,18H,9,17H2,1-2H3. The molecule has 2 aromatic carbocycles. The van der Waals surface area contributed by atoms with Gasteiger partial charge in [0.05, 0.1) is 10.6 Å². The van der Waals surface area contributed by atoms with Crippen LogP contribution in [0, 0.1) is 19.7 Å². The lowest BCUT2D eigenvalue weighted by Crippen LogP contribution is -2.16. The summed E-state index contributed by atoms with van der Waals surface area (Å²) in [6, 6.07) is 9.13. The number of halogens is 1. The van der Waals surface area contributed by atoms with Crippen molar-refractivity contribution < 1.29 is 12.8 Å². The summed E-state index contributed by atoms with van der Waals surface area (Å²) in [6.45, 7) is 3.69. The van der Waals surface area contributed by atoms with Crippen LogP contribution >= 0.6 is 0 Å². The van der Waals surface area contributed by atoms with E-state index in [2.05, 4.69) is 4.72 Å². The molecule has 0 atom stereocenters. The number of rotatable bonds is 4. The maximum Gasteiger partial charge on any atom is 0.262 e. The molecular formula is C15H17FN2O2S. The van der Waals surface area contributed by atoms with E-state index in [-0.39, 0.29) is 17.1 Å². The third-order valence-electron chi connectivity index (χ3n) is 3.27. The van der Waals surface area contributed by atoms with Gasteiger partial charge < -0.3 is 5.73 Å². The highest BCUT2D eigenvalue weighted by Gasteiger charge is 2.19. The van der Waals surface area contributed by atoms with Crippen molar-refractivity contribution in [2.24, 2.45) is 5.73 Å². The van der Waals surface area contributed by atoms with Crippen molar-refractivity contribution in [3.8, 4) is 0 Å². The number of benzene rings is 2. The van der Waals surface area contributed by atoms with Gasteiger partial charge in [-0.15, -0.1) is 0 Å². The lowest BCUT2D eigenvalue weighted by atomic mass is 10.1. The van der Waals surface area contributed by atoms with Gasteiger partial charge >= 0.3 is 0 Å². The molecule has 2 aromatic rings. The van der Waals surface area contributed by atoms with E-state index < -0.39 is 15.8 Å². The molecule has 21 heavy (non-hydrogen) atoms. The van der Waals surface area contributed by atoms with Gasteiger partial charge in [0.25, 0.3) is 10.0 Å². The van der Waals surface area contributed by atoms with Crippen molar-refractivity contribution in [2.45, 2.75) is 25.3 Å².